The maximum Gasteiger partial charge on any atom is 0.225 e. The number of nitrogens with one attached hydrogen (secondary N) is 1. The van der Waals surface area contributed by atoms with Gasteiger partial charge in [-0.15, -0.1) is 0 Å². The predicted octanol–water partition coefficient (Wildman–Crippen LogP) is 0.895. The molecule has 1 amide bonds. The number of carbonyl (C=O) groups is 1. The van der Waals surface area contributed by atoms with E-state index in [0.29, 0.717) is 5.69 Å². The summed E-state index contributed by atoms with van der Waals surface area (Å²) in [6.45, 7) is -0.147. The maximum atomic E-state index is 12.6. The van der Waals surface area contributed by atoms with Crippen LogP contribution in [0.3, 0.4) is 0 Å². The van der Waals surface area contributed by atoms with E-state index in [1.54, 1.807) is 0 Å². The first kappa shape index (κ1) is 13.8. The lowest BCUT2D eigenvalue weighted by molar-refractivity contribution is -0.115. The Labute approximate surface area is 101 Å². The van der Waals surface area contributed by atoms with Crippen molar-refractivity contribution >= 4 is 22.4 Å². The molecule has 4 nitrogen and oxygen atoms in total. The van der Waals surface area contributed by atoms with Gasteiger partial charge in [0.1, 0.15) is 5.82 Å². The van der Waals surface area contributed by atoms with Gasteiger partial charge in [0.05, 0.1) is 6.61 Å². The second kappa shape index (κ2) is 7.13. The van der Waals surface area contributed by atoms with Crippen LogP contribution in [0.15, 0.2) is 24.3 Å². The number of carbonyl (C=O) groups excluding carboxylic acids is 1. The Hall–Kier alpha value is -1.27. The van der Waals surface area contributed by atoms with Crippen LogP contribution >= 0.6 is 0 Å². The lowest BCUT2D eigenvalue weighted by Gasteiger charge is -2.04. The van der Waals surface area contributed by atoms with Gasteiger partial charge in [0.25, 0.3) is 0 Å². The molecule has 0 heterocycles. The van der Waals surface area contributed by atoms with E-state index in [9.17, 15) is 13.4 Å². The molecule has 0 aliphatic carbocycles. The molecule has 1 aromatic carbocycles. The minimum absolute atomic E-state index is 0.115. The molecule has 1 unspecified atom stereocenters. The van der Waals surface area contributed by atoms with E-state index in [2.05, 4.69) is 5.32 Å². The number of aliphatic hydroxyl groups is 1. The summed E-state index contributed by atoms with van der Waals surface area (Å²) in [4.78, 5) is 11.4. The van der Waals surface area contributed by atoms with Crippen LogP contribution in [0.4, 0.5) is 10.1 Å². The van der Waals surface area contributed by atoms with Crippen LogP contribution in [-0.4, -0.2) is 33.3 Å². The van der Waals surface area contributed by atoms with Crippen LogP contribution in [0.25, 0.3) is 0 Å². The second-order valence-electron chi connectivity index (χ2n) is 3.38. The quantitative estimate of drug-likeness (QED) is 0.797. The van der Waals surface area contributed by atoms with Crippen molar-refractivity contribution in [3.63, 3.8) is 0 Å². The fourth-order valence-corrected chi connectivity index (χ4v) is 1.99. The van der Waals surface area contributed by atoms with Crippen LogP contribution in [0, 0.1) is 5.82 Å². The number of anilines is 1. The molecular formula is C11H14FNO3S. The highest BCUT2D eigenvalue weighted by Crippen LogP contribution is 2.08. The summed E-state index contributed by atoms with van der Waals surface area (Å²) in [5.74, 6) is -0.243. The summed E-state index contributed by atoms with van der Waals surface area (Å²) in [7, 11) is -1.17. The zero-order valence-electron chi connectivity index (χ0n) is 9.19. The van der Waals surface area contributed by atoms with Crippen LogP contribution in [0.2, 0.25) is 0 Å². The second-order valence-corrected chi connectivity index (χ2v) is 5.07. The van der Waals surface area contributed by atoms with Gasteiger partial charge in [-0.25, -0.2) is 4.39 Å². The lowest BCUT2D eigenvalue weighted by atomic mass is 10.3. The highest BCUT2D eigenvalue weighted by atomic mass is 32.2. The number of benzene rings is 1. The van der Waals surface area contributed by atoms with Crippen molar-refractivity contribution in [1.82, 2.24) is 0 Å². The van der Waals surface area contributed by atoms with E-state index in [4.69, 9.17) is 5.11 Å². The molecule has 17 heavy (non-hydrogen) atoms. The number of hydrogen-bond acceptors (Lipinski definition) is 3. The Kier molecular flexibility index (Phi) is 5.79. The molecule has 0 aliphatic heterocycles. The predicted molar refractivity (Wildman–Crippen MR) is 64.6 cm³/mol. The van der Waals surface area contributed by atoms with E-state index in [-0.39, 0.29) is 36.3 Å². The van der Waals surface area contributed by atoms with Crippen LogP contribution < -0.4 is 5.32 Å². The average Bonchev–Trinajstić information content (AvgIpc) is 2.30. The molecule has 1 rings (SSSR count). The third-order valence-corrected chi connectivity index (χ3v) is 3.30. The summed E-state index contributed by atoms with van der Waals surface area (Å²) in [5.41, 5.74) is 0.504. The van der Waals surface area contributed by atoms with Gasteiger partial charge in [-0.1, -0.05) is 0 Å². The molecule has 1 atom stereocenters. The number of aliphatic hydroxyl groups excluding tert-OH is 1. The number of amides is 1. The van der Waals surface area contributed by atoms with Gasteiger partial charge < -0.3 is 10.4 Å². The summed E-state index contributed by atoms with van der Waals surface area (Å²) in [5, 5.41) is 11.1. The fourth-order valence-electron chi connectivity index (χ4n) is 1.17. The Bertz CT molecular complexity index is 394. The van der Waals surface area contributed by atoms with Crippen LogP contribution in [0.5, 0.6) is 0 Å². The van der Waals surface area contributed by atoms with Gasteiger partial charge in [-0.2, -0.15) is 0 Å². The molecule has 0 aliphatic rings. The fraction of sp³-hybridized carbons (Fsp3) is 0.364. The van der Waals surface area contributed by atoms with E-state index >= 15 is 0 Å². The van der Waals surface area contributed by atoms with Gasteiger partial charge in [-0.05, 0) is 24.3 Å². The van der Waals surface area contributed by atoms with Crippen molar-refractivity contribution in [3.8, 4) is 0 Å². The van der Waals surface area contributed by atoms with E-state index < -0.39 is 10.8 Å². The van der Waals surface area contributed by atoms with Gasteiger partial charge in [0.2, 0.25) is 5.91 Å². The third kappa shape index (κ3) is 5.55. The zero-order chi connectivity index (χ0) is 12.7. The van der Waals surface area contributed by atoms with Gasteiger partial charge in [0.15, 0.2) is 0 Å². The summed E-state index contributed by atoms with van der Waals surface area (Å²) in [6, 6.07) is 5.41. The van der Waals surface area contributed by atoms with Crippen molar-refractivity contribution in [2.75, 3.05) is 23.4 Å². The van der Waals surface area contributed by atoms with Crippen LogP contribution in [-0.2, 0) is 15.6 Å². The largest absolute Gasteiger partial charge is 0.395 e. The normalized spacial score (nSPS) is 12.1. The molecule has 0 spiro atoms. The van der Waals surface area contributed by atoms with Crippen molar-refractivity contribution in [2.24, 2.45) is 0 Å². The first-order valence-corrected chi connectivity index (χ1v) is 6.62. The Morgan fingerprint density at radius 3 is 2.53 bits per heavy atom. The lowest BCUT2D eigenvalue weighted by Crippen LogP contribution is -2.16. The van der Waals surface area contributed by atoms with Crippen molar-refractivity contribution < 1.29 is 18.5 Å². The van der Waals surface area contributed by atoms with Crippen molar-refractivity contribution in [1.29, 1.82) is 0 Å². The zero-order valence-corrected chi connectivity index (χ0v) is 10.0. The SMILES string of the molecule is O=C(CCS(=O)CCO)Nc1ccc(F)cc1. The summed E-state index contributed by atoms with van der Waals surface area (Å²) >= 11 is 0. The number of hydrogen-bond donors (Lipinski definition) is 2. The molecular weight excluding hydrogens is 245 g/mol. The highest BCUT2D eigenvalue weighted by molar-refractivity contribution is 7.85. The average molecular weight is 259 g/mol. The molecule has 0 fully saturated rings. The molecule has 0 saturated heterocycles. The maximum absolute atomic E-state index is 12.6. The molecule has 1 aromatic rings. The summed E-state index contributed by atoms with van der Waals surface area (Å²) in [6.07, 6.45) is 0.115. The van der Waals surface area contributed by atoms with Crippen LogP contribution in [0.1, 0.15) is 6.42 Å². The first-order valence-electron chi connectivity index (χ1n) is 5.13. The Morgan fingerprint density at radius 2 is 1.94 bits per heavy atom. The Balaban J connectivity index is 2.34. The topological polar surface area (TPSA) is 66.4 Å². The Morgan fingerprint density at radius 1 is 1.29 bits per heavy atom. The standard InChI is InChI=1S/C11H14FNO3S/c12-9-1-3-10(4-2-9)13-11(15)5-7-17(16)8-6-14/h1-4,14H,5-8H2,(H,13,15). The molecule has 0 aromatic heterocycles. The molecule has 6 heteroatoms. The minimum atomic E-state index is -1.17. The molecule has 94 valence electrons. The van der Waals surface area contributed by atoms with Gasteiger partial charge in [0, 0.05) is 34.4 Å². The molecule has 0 radical (unpaired) electrons. The first-order chi connectivity index (χ1) is 8.11. The summed E-state index contributed by atoms with van der Waals surface area (Å²) < 4.78 is 23.8. The monoisotopic (exact) mass is 259 g/mol. The molecule has 0 bridgehead atoms. The van der Waals surface area contributed by atoms with Crippen molar-refractivity contribution in [2.45, 2.75) is 6.42 Å². The highest BCUT2D eigenvalue weighted by Gasteiger charge is 2.05. The molecule has 0 saturated carbocycles. The van der Waals surface area contributed by atoms with Crippen molar-refractivity contribution in [3.05, 3.63) is 30.1 Å². The van der Waals surface area contributed by atoms with Gasteiger partial charge in [-0.3, -0.25) is 9.00 Å². The van der Waals surface area contributed by atoms with E-state index in [0.717, 1.165) is 0 Å². The van der Waals surface area contributed by atoms with Gasteiger partial charge >= 0.3 is 0 Å². The smallest absolute Gasteiger partial charge is 0.225 e. The van der Waals surface area contributed by atoms with E-state index in [1.165, 1.54) is 24.3 Å². The molecule has 2 N–H and O–H groups in total. The minimum Gasteiger partial charge on any atom is -0.395 e. The van der Waals surface area contributed by atoms with E-state index in [1.807, 2.05) is 0 Å². The third-order valence-electron chi connectivity index (χ3n) is 2.00. The number of halogens is 1. The number of rotatable bonds is 6.